The molecule has 0 spiro atoms. The monoisotopic (exact) mass is 272 g/mol. The number of hydrogen-bond acceptors (Lipinski definition) is 2. The minimum absolute atomic E-state index is 0.306. The maximum atomic E-state index is 12.6. The first-order chi connectivity index (χ1) is 8.82. The summed E-state index contributed by atoms with van der Waals surface area (Å²) in [5, 5.41) is 5.35. The molecule has 0 bridgehead atoms. The number of aryl methyl sites for hydroxylation is 1. The zero-order chi connectivity index (χ0) is 14.5. The Morgan fingerprint density at radius 3 is 2.58 bits per heavy atom. The van der Waals surface area contributed by atoms with Crippen LogP contribution in [0, 0.1) is 6.92 Å². The van der Waals surface area contributed by atoms with Crippen molar-refractivity contribution < 1.29 is 18.0 Å². The second-order valence-electron chi connectivity index (χ2n) is 4.01. The maximum absolute atomic E-state index is 12.6. The molecule has 3 nitrogen and oxygen atoms in total. The third-order valence-corrected chi connectivity index (χ3v) is 2.34. The quantitative estimate of drug-likeness (QED) is 0.639. The molecule has 0 unspecified atom stereocenters. The highest BCUT2D eigenvalue weighted by molar-refractivity contribution is 5.86. The average Bonchev–Trinajstić information content (AvgIpc) is 2.32. The number of anilines is 1. The van der Waals surface area contributed by atoms with Crippen molar-refractivity contribution in [1.29, 1.82) is 0 Å². The van der Waals surface area contributed by atoms with E-state index in [4.69, 9.17) is 0 Å². The van der Waals surface area contributed by atoms with Crippen LogP contribution in [0.2, 0.25) is 0 Å². The van der Waals surface area contributed by atoms with E-state index in [1.54, 1.807) is 13.0 Å². The van der Waals surface area contributed by atoms with Gasteiger partial charge >= 0.3 is 6.18 Å². The van der Waals surface area contributed by atoms with Gasteiger partial charge in [-0.25, -0.2) is 0 Å². The summed E-state index contributed by atoms with van der Waals surface area (Å²) in [4.78, 5) is 10.9. The highest BCUT2D eigenvalue weighted by Gasteiger charge is 2.30. The maximum Gasteiger partial charge on any atom is 0.416 e. The van der Waals surface area contributed by atoms with E-state index < -0.39 is 11.7 Å². The van der Waals surface area contributed by atoms with E-state index in [-0.39, 0.29) is 5.91 Å². The van der Waals surface area contributed by atoms with Crippen molar-refractivity contribution in [2.75, 3.05) is 18.4 Å². The predicted octanol–water partition coefficient (Wildman–Crippen LogP) is 2.73. The molecule has 0 aliphatic heterocycles. The molecular weight excluding hydrogens is 257 g/mol. The highest BCUT2D eigenvalue weighted by atomic mass is 19.4. The van der Waals surface area contributed by atoms with Crippen molar-refractivity contribution in [3.63, 3.8) is 0 Å². The lowest BCUT2D eigenvalue weighted by atomic mass is 10.1. The minimum Gasteiger partial charge on any atom is -0.383 e. The van der Waals surface area contributed by atoms with Crippen LogP contribution in [0.15, 0.2) is 30.9 Å². The summed E-state index contributed by atoms with van der Waals surface area (Å²) in [5.41, 5.74) is 0.206. The number of carbonyl (C=O) groups is 1. The summed E-state index contributed by atoms with van der Waals surface area (Å²) >= 11 is 0. The molecule has 0 fully saturated rings. The molecule has 6 heteroatoms. The molecule has 1 rings (SSSR count). The van der Waals surface area contributed by atoms with Crippen molar-refractivity contribution in [1.82, 2.24) is 5.32 Å². The number of alkyl halides is 3. The van der Waals surface area contributed by atoms with Crippen LogP contribution in [-0.4, -0.2) is 19.0 Å². The number of carbonyl (C=O) groups excluding carboxylic acids is 1. The fourth-order valence-electron chi connectivity index (χ4n) is 1.51. The van der Waals surface area contributed by atoms with E-state index in [2.05, 4.69) is 17.2 Å². The molecule has 0 atom stereocenters. The van der Waals surface area contributed by atoms with E-state index >= 15 is 0 Å². The van der Waals surface area contributed by atoms with Gasteiger partial charge in [0, 0.05) is 18.8 Å². The third kappa shape index (κ3) is 5.03. The van der Waals surface area contributed by atoms with Gasteiger partial charge in [0.05, 0.1) is 5.56 Å². The Hall–Kier alpha value is -1.98. The van der Waals surface area contributed by atoms with Crippen LogP contribution in [0.4, 0.5) is 18.9 Å². The summed E-state index contributed by atoms with van der Waals surface area (Å²) < 4.78 is 37.8. The van der Waals surface area contributed by atoms with Crippen LogP contribution in [0.1, 0.15) is 11.1 Å². The van der Waals surface area contributed by atoms with Crippen LogP contribution in [0.5, 0.6) is 0 Å². The van der Waals surface area contributed by atoms with Gasteiger partial charge in [-0.05, 0) is 36.8 Å². The van der Waals surface area contributed by atoms with Crippen LogP contribution >= 0.6 is 0 Å². The zero-order valence-corrected chi connectivity index (χ0v) is 10.5. The summed E-state index contributed by atoms with van der Waals surface area (Å²) in [6, 6.07) is 3.75. The third-order valence-electron chi connectivity index (χ3n) is 2.34. The van der Waals surface area contributed by atoms with E-state index in [0.29, 0.717) is 24.3 Å². The minimum atomic E-state index is -4.36. The number of hydrogen-bond donors (Lipinski definition) is 2. The second-order valence-corrected chi connectivity index (χ2v) is 4.01. The molecule has 0 aliphatic carbocycles. The van der Waals surface area contributed by atoms with Crippen molar-refractivity contribution in [3.05, 3.63) is 42.0 Å². The topological polar surface area (TPSA) is 41.1 Å². The molecule has 0 aliphatic rings. The summed E-state index contributed by atoms with van der Waals surface area (Å²) in [5.74, 6) is -0.318. The van der Waals surface area contributed by atoms with Crippen LogP contribution in [-0.2, 0) is 11.0 Å². The Kier molecular flexibility index (Phi) is 4.97. The lowest BCUT2D eigenvalue weighted by Crippen LogP contribution is -2.27. The molecule has 0 aromatic heterocycles. The van der Waals surface area contributed by atoms with E-state index in [0.717, 1.165) is 18.2 Å². The Labute approximate surface area is 109 Å². The van der Waals surface area contributed by atoms with Gasteiger partial charge in [0.1, 0.15) is 0 Å². The SMILES string of the molecule is C=CC(=O)NCCNc1cc(C)cc(C(F)(F)F)c1. The van der Waals surface area contributed by atoms with Gasteiger partial charge in [-0.15, -0.1) is 0 Å². The molecule has 0 saturated carbocycles. The van der Waals surface area contributed by atoms with Gasteiger partial charge in [-0.1, -0.05) is 6.58 Å². The number of amides is 1. The average molecular weight is 272 g/mol. The number of benzene rings is 1. The van der Waals surface area contributed by atoms with Crippen molar-refractivity contribution in [2.45, 2.75) is 13.1 Å². The van der Waals surface area contributed by atoms with E-state index in [1.165, 1.54) is 0 Å². The largest absolute Gasteiger partial charge is 0.416 e. The fourth-order valence-corrected chi connectivity index (χ4v) is 1.51. The first-order valence-electron chi connectivity index (χ1n) is 5.66. The highest BCUT2D eigenvalue weighted by Crippen LogP contribution is 2.31. The van der Waals surface area contributed by atoms with Gasteiger partial charge in [-0.3, -0.25) is 4.79 Å². The van der Waals surface area contributed by atoms with Crippen LogP contribution in [0.25, 0.3) is 0 Å². The molecule has 2 N–H and O–H groups in total. The smallest absolute Gasteiger partial charge is 0.383 e. The molecule has 1 aromatic rings. The van der Waals surface area contributed by atoms with E-state index in [1.807, 2.05) is 0 Å². The molecule has 104 valence electrons. The molecular formula is C13H15F3N2O. The lowest BCUT2D eigenvalue weighted by Gasteiger charge is -2.12. The molecule has 0 heterocycles. The van der Waals surface area contributed by atoms with Crippen molar-refractivity contribution >= 4 is 11.6 Å². The summed E-state index contributed by atoms with van der Waals surface area (Å²) in [6.45, 7) is 5.53. The molecule has 1 amide bonds. The van der Waals surface area contributed by atoms with Crippen molar-refractivity contribution in [3.8, 4) is 0 Å². The molecule has 0 saturated heterocycles. The number of halogens is 3. The zero-order valence-electron chi connectivity index (χ0n) is 10.5. The van der Waals surface area contributed by atoms with Crippen LogP contribution < -0.4 is 10.6 Å². The van der Waals surface area contributed by atoms with Crippen molar-refractivity contribution in [2.24, 2.45) is 0 Å². The van der Waals surface area contributed by atoms with Gasteiger partial charge in [-0.2, -0.15) is 13.2 Å². The fraction of sp³-hybridized carbons (Fsp3) is 0.308. The Bertz CT molecular complexity index is 469. The normalized spacial score (nSPS) is 10.9. The molecule has 0 radical (unpaired) electrons. The summed E-state index contributed by atoms with van der Waals surface area (Å²) in [6.07, 6.45) is -3.23. The van der Waals surface area contributed by atoms with Gasteiger partial charge in [0.15, 0.2) is 0 Å². The second kappa shape index (κ2) is 6.26. The first kappa shape index (κ1) is 15.1. The van der Waals surface area contributed by atoms with E-state index in [9.17, 15) is 18.0 Å². The van der Waals surface area contributed by atoms with Gasteiger partial charge in [0.25, 0.3) is 0 Å². The standard InChI is InChI=1S/C13H15F3N2O/c1-3-12(19)18-5-4-17-11-7-9(2)6-10(8-11)13(14,15)16/h3,6-8,17H,1,4-5H2,2H3,(H,18,19). The Morgan fingerprint density at radius 1 is 1.32 bits per heavy atom. The van der Waals surface area contributed by atoms with Gasteiger partial charge in [0.2, 0.25) is 5.91 Å². The lowest BCUT2D eigenvalue weighted by molar-refractivity contribution is -0.137. The first-order valence-corrected chi connectivity index (χ1v) is 5.66. The summed E-state index contributed by atoms with van der Waals surface area (Å²) in [7, 11) is 0. The van der Waals surface area contributed by atoms with Crippen LogP contribution in [0.3, 0.4) is 0 Å². The van der Waals surface area contributed by atoms with Gasteiger partial charge < -0.3 is 10.6 Å². The Balaban J connectivity index is 2.61. The Morgan fingerprint density at radius 2 is 2.00 bits per heavy atom. The molecule has 19 heavy (non-hydrogen) atoms. The predicted molar refractivity (Wildman–Crippen MR) is 67.9 cm³/mol. The molecule has 1 aromatic carbocycles. The number of nitrogens with one attached hydrogen (secondary N) is 2. The number of rotatable bonds is 5.